The Labute approximate surface area is 137 Å². The molecule has 23 heavy (non-hydrogen) atoms. The lowest BCUT2D eigenvalue weighted by atomic mass is 10.0. The van der Waals surface area contributed by atoms with Crippen LogP contribution in [0.2, 0.25) is 0 Å². The van der Waals surface area contributed by atoms with Crippen molar-refractivity contribution in [3.63, 3.8) is 0 Å². The van der Waals surface area contributed by atoms with Gasteiger partial charge in [-0.1, -0.05) is 30.3 Å². The molecule has 0 heterocycles. The van der Waals surface area contributed by atoms with Gasteiger partial charge in [0.05, 0.1) is 12.7 Å². The summed E-state index contributed by atoms with van der Waals surface area (Å²) in [5, 5.41) is 23.5. The Morgan fingerprint density at radius 2 is 1.87 bits per heavy atom. The number of hydrogen-bond acceptors (Lipinski definition) is 4. The van der Waals surface area contributed by atoms with E-state index in [1.807, 2.05) is 50.2 Å². The van der Waals surface area contributed by atoms with Gasteiger partial charge in [0.15, 0.2) is 0 Å². The molecule has 0 radical (unpaired) electrons. The number of aliphatic hydroxyl groups is 1. The highest BCUT2D eigenvalue weighted by Gasteiger charge is 2.12. The Balaban J connectivity index is 1.89. The van der Waals surface area contributed by atoms with Crippen molar-refractivity contribution in [1.82, 2.24) is 5.32 Å². The molecule has 2 aromatic carbocycles. The van der Waals surface area contributed by atoms with Crippen molar-refractivity contribution < 1.29 is 14.9 Å². The van der Waals surface area contributed by atoms with Gasteiger partial charge in [0, 0.05) is 18.2 Å². The lowest BCUT2D eigenvalue weighted by molar-refractivity contribution is 0.154. The predicted molar refractivity (Wildman–Crippen MR) is 91.6 cm³/mol. The quantitative estimate of drug-likeness (QED) is 0.699. The lowest BCUT2D eigenvalue weighted by Gasteiger charge is -2.19. The standard InChI is InChI=1S/C19H25NO3/c1-3-23-17-9-10-18(21)16(12-17)13-20-14(2)11-19(22)15-7-5-4-6-8-15/h4-10,12,14,19-22H,3,11,13H2,1-2H3. The van der Waals surface area contributed by atoms with E-state index in [1.165, 1.54) is 0 Å². The summed E-state index contributed by atoms with van der Waals surface area (Å²) in [6.45, 7) is 5.07. The summed E-state index contributed by atoms with van der Waals surface area (Å²) < 4.78 is 5.45. The van der Waals surface area contributed by atoms with E-state index in [9.17, 15) is 10.2 Å². The Bertz CT molecular complexity index is 601. The van der Waals surface area contributed by atoms with Crippen LogP contribution in [-0.2, 0) is 6.54 Å². The lowest BCUT2D eigenvalue weighted by Crippen LogP contribution is -2.27. The summed E-state index contributed by atoms with van der Waals surface area (Å²) in [7, 11) is 0. The van der Waals surface area contributed by atoms with E-state index < -0.39 is 6.10 Å². The molecule has 0 spiro atoms. The molecule has 0 amide bonds. The summed E-state index contributed by atoms with van der Waals surface area (Å²) in [6.07, 6.45) is 0.109. The molecule has 4 heteroatoms. The summed E-state index contributed by atoms with van der Waals surface area (Å²) in [4.78, 5) is 0. The molecule has 3 N–H and O–H groups in total. The molecule has 124 valence electrons. The van der Waals surface area contributed by atoms with Crippen LogP contribution in [0.4, 0.5) is 0 Å². The van der Waals surface area contributed by atoms with Crippen molar-refractivity contribution in [1.29, 1.82) is 0 Å². The Morgan fingerprint density at radius 1 is 1.13 bits per heavy atom. The normalized spacial score (nSPS) is 13.5. The fourth-order valence-electron chi connectivity index (χ4n) is 2.47. The third-order valence-electron chi connectivity index (χ3n) is 3.76. The van der Waals surface area contributed by atoms with Crippen LogP contribution in [-0.4, -0.2) is 22.9 Å². The van der Waals surface area contributed by atoms with Crippen LogP contribution in [0.1, 0.15) is 37.5 Å². The van der Waals surface area contributed by atoms with E-state index in [4.69, 9.17) is 4.74 Å². The molecule has 4 nitrogen and oxygen atoms in total. The monoisotopic (exact) mass is 315 g/mol. The van der Waals surface area contributed by atoms with E-state index >= 15 is 0 Å². The molecule has 0 aliphatic rings. The topological polar surface area (TPSA) is 61.7 Å². The molecule has 2 unspecified atom stereocenters. The first-order valence-electron chi connectivity index (χ1n) is 8.01. The molecule has 0 aliphatic heterocycles. The van der Waals surface area contributed by atoms with Crippen LogP contribution in [0, 0.1) is 0 Å². The van der Waals surface area contributed by atoms with E-state index in [-0.39, 0.29) is 11.8 Å². The highest BCUT2D eigenvalue weighted by Crippen LogP contribution is 2.24. The van der Waals surface area contributed by atoms with Crippen LogP contribution in [0.3, 0.4) is 0 Å². The molecule has 0 bridgehead atoms. The second kappa shape index (κ2) is 8.56. The van der Waals surface area contributed by atoms with Gasteiger partial charge in [-0.2, -0.15) is 0 Å². The van der Waals surface area contributed by atoms with Crippen LogP contribution in [0.15, 0.2) is 48.5 Å². The molecule has 0 saturated carbocycles. The minimum absolute atomic E-state index is 0.111. The van der Waals surface area contributed by atoms with Gasteiger partial charge < -0.3 is 20.3 Å². The van der Waals surface area contributed by atoms with Gasteiger partial charge in [-0.25, -0.2) is 0 Å². The molecular formula is C19H25NO3. The van der Waals surface area contributed by atoms with Gasteiger partial charge in [0.1, 0.15) is 11.5 Å². The van der Waals surface area contributed by atoms with E-state index in [2.05, 4.69) is 5.32 Å². The van der Waals surface area contributed by atoms with Crippen LogP contribution in [0.5, 0.6) is 11.5 Å². The fraction of sp³-hybridized carbons (Fsp3) is 0.368. The van der Waals surface area contributed by atoms with Crippen LogP contribution < -0.4 is 10.1 Å². The van der Waals surface area contributed by atoms with Crippen molar-refractivity contribution in [3.05, 3.63) is 59.7 Å². The average Bonchev–Trinajstić information content (AvgIpc) is 2.56. The van der Waals surface area contributed by atoms with E-state index in [1.54, 1.807) is 12.1 Å². The van der Waals surface area contributed by atoms with E-state index in [0.717, 1.165) is 16.9 Å². The second-order valence-corrected chi connectivity index (χ2v) is 5.67. The zero-order valence-electron chi connectivity index (χ0n) is 13.7. The third kappa shape index (κ3) is 5.27. The Morgan fingerprint density at radius 3 is 2.57 bits per heavy atom. The molecule has 0 fully saturated rings. The first-order valence-corrected chi connectivity index (χ1v) is 8.01. The summed E-state index contributed by atoms with van der Waals surface area (Å²) in [6, 6.07) is 15.0. The van der Waals surface area contributed by atoms with Gasteiger partial charge >= 0.3 is 0 Å². The third-order valence-corrected chi connectivity index (χ3v) is 3.76. The second-order valence-electron chi connectivity index (χ2n) is 5.67. The van der Waals surface area contributed by atoms with Crippen molar-refractivity contribution in [2.75, 3.05) is 6.61 Å². The van der Waals surface area contributed by atoms with Crippen molar-refractivity contribution in [3.8, 4) is 11.5 Å². The number of aromatic hydroxyl groups is 1. The van der Waals surface area contributed by atoms with Gasteiger partial charge in [0.25, 0.3) is 0 Å². The number of benzene rings is 2. The molecule has 2 rings (SSSR count). The first kappa shape index (κ1) is 17.3. The molecular weight excluding hydrogens is 290 g/mol. The first-order chi connectivity index (χ1) is 11.1. The maximum absolute atomic E-state index is 10.2. The Kier molecular flexibility index (Phi) is 6.44. The molecule has 2 atom stereocenters. The highest BCUT2D eigenvalue weighted by molar-refractivity contribution is 5.39. The van der Waals surface area contributed by atoms with Gasteiger partial charge in [-0.15, -0.1) is 0 Å². The maximum atomic E-state index is 10.2. The number of phenolic OH excluding ortho intramolecular Hbond substituents is 1. The molecule has 0 aliphatic carbocycles. The summed E-state index contributed by atoms with van der Waals surface area (Å²) >= 11 is 0. The van der Waals surface area contributed by atoms with Crippen molar-refractivity contribution >= 4 is 0 Å². The zero-order valence-corrected chi connectivity index (χ0v) is 13.7. The Hall–Kier alpha value is -2.04. The number of phenols is 1. The van der Waals surface area contributed by atoms with Gasteiger partial charge in [0.2, 0.25) is 0 Å². The molecule has 0 saturated heterocycles. The number of nitrogens with one attached hydrogen (secondary N) is 1. The highest BCUT2D eigenvalue weighted by atomic mass is 16.5. The summed E-state index contributed by atoms with van der Waals surface area (Å²) in [5.41, 5.74) is 1.71. The van der Waals surface area contributed by atoms with Crippen LogP contribution >= 0.6 is 0 Å². The van der Waals surface area contributed by atoms with Crippen molar-refractivity contribution in [2.24, 2.45) is 0 Å². The zero-order chi connectivity index (χ0) is 16.7. The number of ether oxygens (including phenoxy) is 1. The minimum Gasteiger partial charge on any atom is -0.508 e. The number of rotatable bonds is 8. The van der Waals surface area contributed by atoms with Crippen molar-refractivity contribution in [2.45, 2.75) is 39.0 Å². The smallest absolute Gasteiger partial charge is 0.120 e. The molecule has 0 aromatic heterocycles. The average molecular weight is 315 g/mol. The number of aliphatic hydroxyl groups excluding tert-OH is 1. The fourth-order valence-corrected chi connectivity index (χ4v) is 2.47. The SMILES string of the molecule is CCOc1ccc(O)c(CNC(C)CC(O)c2ccccc2)c1. The molecule has 2 aromatic rings. The largest absolute Gasteiger partial charge is 0.508 e. The predicted octanol–water partition coefficient (Wildman–Crippen LogP) is 3.39. The van der Waals surface area contributed by atoms with Crippen LogP contribution in [0.25, 0.3) is 0 Å². The maximum Gasteiger partial charge on any atom is 0.120 e. The minimum atomic E-state index is -0.498. The van der Waals surface area contributed by atoms with Gasteiger partial charge in [-0.3, -0.25) is 0 Å². The number of hydrogen-bond donors (Lipinski definition) is 3. The van der Waals surface area contributed by atoms with E-state index in [0.29, 0.717) is 19.6 Å². The summed E-state index contributed by atoms with van der Waals surface area (Å²) in [5.74, 6) is 0.996. The van der Waals surface area contributed by atoms with Gasteiger partial charge in [-0.05, 0) is 44.0 Å².